The van der Waals surface area contributed by atoms with Gasteiger partial charge in [-0.25, -0.2) is 0 Å². The Morgan fingerprint density at radius 2 is 1.35 bits per heavy atom. The summed E-state index contributed by atoms with van der Waals surface area (Å²) in [6.45, 7) is 12.8. The monoisotopic (exact) mass is 276 g/mol. The van der Waals surface area contributed by atoms with Crippen LogP contribution in [0.3, 0.4) is 0 Å². The molecule has 3 aliphatic carbocycles. The van der Waals surface area contributed by atoms with Gasteiger partial charge in [-0.15, -0.1) is 0 Å². The fraction of sp³-hybridized carbons (Fsp3) is 1.00. The van der Waals surface area contributed by atoms with Gasteiger partial charge in [0, 0.05) is 0 Å². The maximum atomic E-state index is 2.63. The third-order valence-corrected chi connectivity index (χ3v) is 7.60. The molecule has 5 atom stereocenters. The molecule has 0 bridgehead atoms. The molecule has 0 radical (unpaired) electrons. The minimum absolute atomic E-state index is 0.607. The van der Waals surface area contributed by atoms with E-state index in [-0.39, 0.29) is 0 Å². The van der Waals surface area contributed by atoms with Gasteiger partial charge in [-0.2, -0.15) is 0 Å². The van der Waals surface area contributed by atoms with Gasteiger partial charge < -0.3 is 0 Å². The van der Waals surface area contributed by atoms with Gasteiger partial charge in [0.15, 0.2) is 0 Å². The van der Waals surface area contributed by atoms with Crippen molar-refractivity contribution in [2.75, 3.05) is 0 Å². The number of fused-ring (bicyclic) bond motifs is 1. The number of rotatable bonds is 1. The van der Waals surface area contributed by atoms with E-state index in [1.807, 2.05) is 0 Å². The molecular formula is C20H36. The highest BCUT2D eigenvalue weighted by molar-refractivity contribution is 5.03. The molecule has 3 aliphatic rings. The van der Waals surface area contributed by atoms with E-state index < -0.39 is 0 Å². The van der Waals surface area contributed by atoms with Gasteiger partial charge in [-0.3, -0.25) is 0 Å². The van der Waals surface area contributed by atoms with Crippen LogP contribution in [-0.2, 0) is 0 Å². The first kappa shape index (κ1) is 14.9. The highest BCUT2D eigenvalue weighted by Gasteiger charge is 2.54. The molecule has 0 amide bonds. The molecule has 116 valence electrons. The topological polar surface area (TPSA) is 0 Å². The minimum atomic E-state index is 0.607. The normalized spacial score (nSPS) is 51.8. The van der Waals surface area contributed by atoms with Crippen LogP contribution in [0.25, 0.3) is 0 Å². The maximum absolute atomic E-state index is 2.63. The zero-order valence-electron chi connectivity index (χ0n) is 14.5. The smallest absolute Gasteiger partial charge is 0.0290 e. The van der Waals surface area contributed by atoms with E-state index >= 15 is 0 Å². The quantitative estimate of drug-likeness (QED) is 0.538. The van der Waals surface area contributed by atoms with Crippen LogP contribution in [0, 0.1) is 46.8 Å². The second-order valence-electron chi connectivity index (χ2n) is 9.52. The maximum Gasteiger partial charge on any atom is -0.0290 e. The van der Waals surface area contributed by atoms with E-state index in [2.05, 4.69) is 34.6 Å². The lowest BCUT2D eigenvalue weighted by molar-refractivity contribution is 0.0405. The molecule has 0 saturated heterocycles. The first-order chi connectivity index (χ1) is 9.39. The zero-order valence-corrected chi connectivity index (χ0v) is 14.5. The van der Waals surface area contributed by atoms with Crippen molar-refractivity contribution in [3.05, 3.63) is 0 Å². The van der Waals surface area contributed by atoms with Crippen LogP contribution in [0.5, 0.6) is 0 Å². The highest BCUT2D eigenvalue weighted by atomic mass is 14.6. The number of hydrogen-bond acceptors (Lipinski definition) is 0. The average Bonchev–Trinajstić information content (AvgIpc) is 2.61. The van der Waals surface area contributed by atoms with Crippen LogP contribution >= 0.6 is 0 Å². The molecule has 3 fully saturated rings. The molecule has 5 unspecified atom stereocenters. The van der Waals surface area contributed by atoms with Gasteiger partial charge >= 0.3 is 0 Å². The van der Waals surface area contributed by atoms with Crippen molar-refractivity contribution in [3.8, 4) is 0 Å². The summed E-state index contributed by atoms with van der Waals surface area (Å²) in [4.78, 5) is 0. The van der Waals surface area contributed by atoms with Crippen molar-refractivity contribution < 1.29 is 0 Å². The Kier molecular flexibility index (Phi) is 3.97. The summed E-state index contributed by atoms with van der Waals surface area (Å²) in [7, 11) is 0. The molecular weight excluding hydrogens is 240 g/mol. The Morgan fingerprint density at radius 1 is 0.700 bits per heavy atom. The van der Waals surface area contributed by atoms with Crippen molar-refractivity contribution in [1.29, 1.82) is 0 Å². The first-order valence-corrected chi connectivity index (χ1v) is 9.39. The van der Waals surface area contributed by atoms with Crippen LogP contribution in [0.15, 0.2) is 0 Å². The van der Waals surface area contributed by atoms with Gasteiger partial charge in [0.05, 0.1) is 0 Å². The lowest BCUT2D eigenvalue weighted by atomic mass is 9.60. The average molecular weight is 277 g/mol. The van der Waals surface area contributed by atoms with E-state index in [1.165, 1.54) is 38.5 Å². The van der Waals surface area contributed by atoms with E-state index in [9.17, 15) is 0 Å². The Balaban J connectivity index is 1.76. The summed E-state index contributed by atoms with van der Waals surface area (Å²) in [6.07, 6.45) is 10.6. The third kappa shape index (κ3) is 2.46. The molecule has 0 aromatic heterocycles. The SMILES string of the molecule is CC1CCC(C2CC3CC(C)CC(C)C3C2(C)C)CC1. The summed E-state index contributed by atoms with van der Waals surface area (Å²) in [6, 6.07) is 0. The Labute approximate surface area is 127 Å². The Morgan fingerprint density at radius 3 is 2.00 bits per heavy atom. The van der Waals surface area contributed by atoms with Crippen LogP contribution in [0.4, 0.5) is 0 Å². The Bertz CT molecular complexity index is 334. The molecule has 3 rings (SSSR count). The standard InChI is InChI=1S/C20H36/c1-13-6-8-16(9-7-13)18-12-17-11-14(2)10-15(3)19(17)20(18,4)5/h13-19H,6-12H2,1-5H3. The van der Waals surface area contributed by atoms with Gasteiger partial charge in [-0.1, -0.05) is 47.5 Å². The first-order valence-electron chi connectivity index (χ1n) is 9.39. The van der Waals surface area contributed by atoms with Gasteiger partial charge in [0.2, 0.25) is 0 Å². The fourth-order valence-electron chi connectivity index (χ4n) is 6.95. The molecule has 20 heavy (non-hydrogen) atoms. The fourth-order valence-corrected chi connectivity index (χ4v) is 6.95. The summed E-state index contributed by atoms with van der Waals surface area (Å²) < 4.78 is 0. The van der Waals surface area contributed by atoms with Gasteiger partial charge in [0.1, 0.15) is 0 Å². The zero-order chi connectivity index (χ0) is 14.5. The molecule has 0 aliphatic heterocycles. The third-order valence-electron chi connectivity index (χ3n) is 7.60. The second-order valence-corrected chi connectivity index (χ2v) is 9.52. The van der Waals surface area contributed by atoms with Crippen molar-refractivity contribution >= 4 is 0 Å². The van der Waals surface area contributed by atoms with E-state index in [4.69, 9.17) is 0 Å². The molecule has 0 aromatic carbocycles. The second kappa shape index (κ2) is 5.33. The van der Waals surface area contributed by atoms with Crippen molar-refractivity contribution in [1.82, 2.24) is 0 Å². The van der Waals surface area contributed by atoms with Crippen molar-refractivity contribution in [2.45, 2.75) is 79.6 Å². The molecule has 0 heterocycles. The summed E-state index contributed by atoms with van der Waals surface area (Å²) in [5.41, 5.74) is 0.607. The largest absolute Gasteiger partial charge is 0.0625 e. The van der Waals surface area contributed by atoms with Crippen LogP contribution < -0.4 is 0 Å². The summed E-state index contributed by atoms with van der Waals surface area (Å²) in [5, 5.41) is 0. The van der Waals surface area contributed by atoms with Crippen molar-refractivity contribution in [2.24, 2.45) is 46.8 Å². The van der Waals surface area contributed by atoms with Gasteiger partial charge in [-0.05, 0) is 78.9 Å². The molecule has 0 spiro atoms. The van der Waals surface area contributed by atoms with Gasteiger partial charge in [0.25, 0.3) is 0 Å². The lowest BCUT2D eigenvalue weighted by Gasteiger charge is -2.45. The van der Waals surface area contributed by atoms with E-state index in [1.54, 1.807) is 6.42 Å². The van der Waals surface area contributed by atoms with E-state index in [0.717, 1.165) is 41.4 Å². The summed E-state index contributed by atoms with van der Waals surface area (Å²) >= 11 is 0. The van der Waals surface area contributed by atoms with Crippen LogP contribution in [-0.4, -0.2) is 0 Å². The lowest BCUT2D eigenvalue weighted by Crippen LogP contribution is -2.38. The molecule has 0 N–H and O–H groups in total. The molecule has 3 saturated carbocycles. The molecule has 0 heteroatoms. The van der Waals surface area contributed by atoms with Crippen LogP contribution in [0.1, 0.15) is 79.6 Å². The molecule has 0 aromatic rings. The molecule has 0 nitrogen and oxygen atoms in total. The predicted molar refractivity (Wildman–Crippen MR) is 87.6 cm³/mol. The van der Waals surface area contributed by atoms with Crippen LogP contribution in [0.2, 0.25) is 0 Å². The highest BCUT2D eigenvalue weighted by Crippen LogP contribution is 2.62. The Hall–Kier alpha value is 0. The predicted octanol–water partition coefficient (Wildman–Crippen LogP) is 6.16. The minimum Gasteiger partial charge on any atom is -0.0625 e. The number of hydrogen-bond donors (Lipinski definition) is 0. The summed E-state index contributed by atoms with van der Waals surface area (Å²) in [5.74, 6) is 7.08. The van der Waals surface area contributed by atoms with Crippen molar-refractivity contribution in [3.63, 3.8) is 0 Å². The van der Waals surface area contributed by atoms with E-state index in [0.29, 0.717) is 5.41 Å².